The molecule has 6 heteroatoms. The number of halogens is 2. The first kappa shape index (κ1) is 13.6. The summed E-state index contributed by atoms with van der Waals surface area (Å²) in [5, 5.41) is 0. The van der Waals surface area contributed by atoms with Crippen molar-refractivity contribution in [2.45, 2.75) is 13.3 Å². The Morgan fingerprint density at radius 1 is 1.21 bits per heavy atom. The highest BCUT2D eigenvalue weighted by Gasteiger charge is 2.20. The van der Waals surface area contributed by atoms with Crippen LogP contribution in [0.25, 0.3) is 0 Å². The maximum atomic E-state index is 13.4. The molecular formula is C13H17F2N3O. The molecular weight excluding hydrogens is 252 g/mol. The Bertz CT molecular complexity index is 493. The van der Waals surface area contributed by atoms with E-state index in [9.17, 15) is 13.6 Å². The highest BCUT2D eigenvalue weighted by atomic mass is 19.1. The van der Waals surface area contributed by atoms with Crippen molar-refractivity contribution in [3.8, 4) is 0 Å². The zero-order valence-corrected chi connectivity index (χ0v) is 10.8. The lowest BCUT2D eigenvalue weighted by atomic mass is 10.2. The second-order valence-electron chi connectivity index (χ2n) is 4.67. The van der Waals surface area contributed by atoms with Crippen LogP contribution in [0.15, 0.2) is 12.1 Å². The minimum atomic E-state index is -0.748. The van der Waals surface area contributed by atoms with E-state index in [1.165, 1.54) is 13.0 Å². The third kappa shape index (κ3) is 2.94. The highest BCUT2D eigenvalue weighted by Crippen LogP contribution is 2.28. The zero-order valence-electron chi connectivity index (χ0n) is 10.8. The number of anilines is 2. The van der Waals surface area contributed by atoms with Gasteiger partial charge in [0.05, 0.1) is 11.4 Å². The van der Waals surface area contributed by atoms with E-state index >= 15 is 0 Å². The average molecular weight is 269 g/mol. The molecule has 1 saturated heterocycles. The number of carbonyl (C=O) groups excluding carboxylic acids is 1. The second-order valence-corrected chi connectivity index (χ2v) is 4.67. The van der Waals surface area contributed by atoms with Gasteiger partial charge in [0, 0.05) is 39.2 Å². The van der Waals surface area contributed by atoms with Gasteiger partial charge in [-0.25, -0.2) is 8.78 Å². The van der Waals surface area contributed by atoms with Gasteiger partial charge in [0.15, 0.2) is 5.82 Å². The Kier molecular flexibility index (Phi) is 3.87. The van der Waals surface area contributed by atoms with Crippen molar-refractivity contribution in [2.75, 3.05) is 36.8 Å². The number of hydrogen-bond donors (Lipinski definition) is 1. The lowest BCUT2D eigenvalue weighted by molar-refractivity contribution is -0.128. The molecule has 1 amide bonds. The molecule has 0 radical (unpaired) electrons. The molecule has 2 rings (SSSR count). The van der Waals surface area contributed by atoms with Gasteiger partial charge in [-0.15, -0.1) is 0 Å². The van der Waals surface area contributed by atoms with Crippen LogP contribution in [0.2, 0.25) is 0 Å². The monoisotopic (exact) mass is 269 g/mol. The summed E-state index contributed by atoms with van der Waals surface area (Å²) in [6, 6.07) is 2.01. The molecule has 2 N–H and O–H groups in total. The molecule has 1 fully saturated rings. The molecule has 0 spiro atoms. The van der Waals surface area contributed by atoms with Crippen LogP contribution in [0.4, 0.5) is 20.2 Å². The molecule has 0 saturated carbocycles. The third-order valence-corrected chi connectivity index (χ3v) is 3.35. The first-order valence-corrected chi connectivity index (χ1v) is 6.24. The van der Waals surface area contributed by atoms with Crippen molar-refractivity contribution in [2.24, 2.45) is 0 Å². The summed E-state index contributed by atoms with van der Waals surface area (Å²) in [6.45, 7) is 3.85. The topological polar surface area (TPSA) is 49.6 Å². The summed E-state index contributed by atoms with van der Waals surface area (Å²) < 4.78 is 26.7. The van der Waals surface area contributed by atoms with E-state index < -0.39 is 11.6 Å². The Balaban J connectivity index is 2.21. The number of hydrogen-bond acceptors (Lipinski definition) is 3. The van der Waals surface area contributed by atoms with Gasteiger partial charge in [0.2, 0.25) is 5.91 Å². The predicted molar refractivity (Wildman–Crippen MR) is 69.9 cm³/mol. The van der Waals surface area contributed by atoms with Crippen molar-refractivity contribution in [1.82, 2.24) is 4.90 Å². The smallest absolute Gasteiger partial charge is 0.219 e. The molecule has 0 bridgehead atoms. The van der Waals surface area contributed by atoms with Crippen LogP contribution < -0.4 is 10.6 Å². The largest absolute Gasteiger partial charge is 0.395 e. The highest BCUT2D eigenvalue weighted by molar-refractivity contribution is 5.73. The first-order chi connectivity index (χ1) is 8.99. The maximum absolute atomic E-state index is 13.4. The van der Waals surface area contributed by atoms with Gasteiger partial charge in [-0.3, -0.25) is 4.79 Å². The van der Waals surface area contributed by atoms with Crippen LogP contribution in [0.1, 0.15) is 13.3 Å². The first-order valence-electron chi connectivity index (χ1n) is 6.24. The van der Waals surface area contributed by atoms with Crippen molar-refractivity contribution in [3.63, 3.8) is 0 Å². The summed E-state index contributed by atoms with van der Waals surface area (Å²) in [5.41, 5.74) is 5.98. The minimum Gasteiger partial charge on any atom is -0.395 e. The Morgan fingerprint density at radius 3 is 2.63 bits per heavy atom. The Hall–Kier alpha value is -1.85. The van der Waals surface area contributed by atoms with Gasteiger partial charge in [0.25, 0.3) is 0 Å². The standard InChI is InChI=1S/C13H17F2N3O/c1-9(19)17-3-2-4-18(6-5-17)12-8-10(14)7-11(15)13(12)16/h7-8H,2-6,16H2,1H3. The van der Waals surface area contributed by atoms with E-state index in [2.05, 4.69) is 0 Å². The van der Waals surface area contributed by atoms with E-state index in [1.807, 2.05) is 4.90 Å². The molecule has 0 unspecified atom stereocenters. The van der Waals surface area contributed by atoms with Crippen LogP contribution in [0, 0.1) is 11.6 Å². The fraction of sp³-hybridized carbons (Fsp3) is 0.462. The van der Waals surface area contributed by atoms with Crippen LogP contribution in [0.3, 0.4) is 0 Å². The van der Waals surface area contributed by atoms with Crippen molar-refractivity contribution >= 4 is 17.3 Å². The lowest BCUT2D eigenvalue weighted by Crippen LogP contribution is -2.33. The predicted octanol–water partition coefficient (Wildman–Crippen LogP) is 1.61. The molecule has 4 nitrogen and oxygen atoms in total. The van der Waals surface area contributed by atoms with Gasteiger partial charge in [-0.1, -0.05) is 0 Å². The number of nitrogen functional groups attached to an aromatic ring is 1. The van der Waals surface area contributed by atoms with Gasteiger partial charge >= 0.3 is 0 Å². The molecule has 1 aromatic rings. The number of nitrogens with zero attached hydrogens (tertiary/aromatic N) is 2. The fourth-order valence-electron chi connectivity index (χ4n) is 2.31. The minimum absolute atomic E-state index is 0.0141. The van der Waals surface area contributed by atoms with Gasteiger partial charge in [-0.05, 0) is 12.5 Å². The molecule has 1 aromatic carbocycles. The molecule has 0 aliphatic carbocycles. The van der Waals surface area contributed by atoms with Crippen molar-refractivity contribution in [1.29, 1.82) is 0 Å². The molecule has 19 heavy (non-hydrogen) atoms. The second kappa shape index (κ2) is 5.42. The number of amides is 1. The Labute approximate surface area is 110 Å². The molecule has 0 atom stereocenters. The summed E-state index contributed by atoms with van der Waals surface area (Å²) in [5.74, 6) is -1.38. The van der Waals surface area contributed by atoms with E-state index in [0.717, 1.165) is 12.5 Å². The number of carbonyl (C=O) groups is 1. The summed E-state index contributed by atoms with van der Waals surface area (Å²) in [7, 11) is 0. The SMILES string of the molecule is CC(=O)N1CCCN(c2cc(F)cc(F)c2N)CC1. The van der Waals surface area contributed by atoms with E-state index in [-0.39, 0.29) is 11.6 Å². The third-order valence-electron chi connectivity index (χ3n) is 3.35. The van der Waals surface area contributed by atoms with Gasteiger partial charge in [-0.2, -0.15) is 0 Å². The molecule has 1 heterocycles. The lowest BCUT2D eigenvalue weighted by Gasteiger charge is -2.24. The van der Waals surface area contributed by atoms with Gasteiger partial charge in [0.1, 0.15) is 5.82 Å². The van der Waals surface area contributed by atoms with E-state index in [4.69, 9.17) is 5.73 Å². The van der Waals surface area contributed by atoms with E-state index in [1.54, 1.807) is 4.90 Å². The molecule has 104 valence electrons. The number of rotatable bonds is 1. The van der Waals surface area contributed by atoms with E-state index in [0.29, 0.717) is 31.9 Å². The maximum Gasteiger partial charge on any atom is 0.219 e. The van der Waals surface area contributed by atoms with Crippen LogP contribution in [-0.2, 0) is 4.79 Å². The average Bonchev–Trinajstić information content (AvgIpc) is 2.59. The Morgan fingerprint density at radius 2 is 1.95 bits per heavy atom. The van der Waals surface area contributed by atoms with Crippen LogP contribution >= 0.6 is 0 Å². The van der Waals surface area contributed by atoms with Crippen molar-refractivity contribution < 1.29 is 13.6 Å². The fourth-order valence-corrected chi connectivity index (χ4v) is 2.31. The van der Waals surface area contributed by atoms with Crippen molar-refractivity contribution in [3.05, 3.63) is 23.8 Å². The summed E-state index contributed by atoms with van der Waals surface area (Å²) in [4.78, 5) is 14.9. The molecule has 1 aliphatic heterocycles. The quantitative estimate of drug-likeness (QED) is 0.788. The number of nitrogens with two attached hydrogens (primary N) is 1. The zero-order chi connectivity index (χ0) is 14.0. The summed E-state index contributed by atoms with van der Waals surface area (Å²) in [6.07, 6.45) is 0.747. The molecule has 1 aliphatic rings. The van der Waals surface area contributed by atoms with Gasteiger partial charge < -0.3 is 15.5 Å². The van der Waals surface area contributed by atoms with Crippen LogP contribution in [-0.4, -0.2) is 37.0 Å². The van der Waals surface area contributed by atoms with Crippen LogP contribution in [0.5, 0.6) is 0 Å². The number of benzene rings is 1. The molecule has 0 aromatic heterocycles. The normalized spacial score (nSPS) is 16.4. The summed E-state index contributed by atoms with van der Waals surface area (Å²) >= 11 is 0.